The monoisotopic (exact) mass is 141 g/mol. The maximum atomic E-state index is 3.74. The van der Waals surface area contributed by atoms with Crippen molar-refractivity contribution in [2.45, 2.75) is 6.04 Å². The average molecular weight is 141 g/mol. The van der Waals surface area contributed by atoms with Crippen molar-refractivity contribution >= 4 is 0 Å². The summed E-state index contributed by atoms with van der Waals surface area (Å²) in [7, 11) is 4.06. The van der Waals surface area contributed by atoms with Gasteiger partial charge >= 0.3 is 0 Å². The van der Waals surface area contributed by atoms with E-state index in [1.807, 2.05) is 20.3 Å². The minimum absolute atomic E-state index is 0.618. The van der Waals surface area contributed by atoms with Crippen molar-refractivity contribution in [2.75, 3.05) is 27.2 Å². The Morgan fingerprint density at radius 2 is 2.10 bits per heavy atom. The molecule has 1 aliphatic heterocycles. The van der Waals surface area contributed by atoms with Gasteiger partial charge in [0.25, 0.3) is 0 Å². The van der Waals surface area contributed by atoms with Gasteiger partial charge in [-0.05, 0) is 0 Å². The van der Waals surface area contributed by atoms with E-state index in [4.69, 9.17) is 0 Å². The first kappa shape index (κ1) is 7.57. The van der Waals surface area contributed by atoms with E-state index in [1.54, 1.807) is 0 Å². The minimum atomic E-state index is 0.618. The van der Waals surface area contributed by atoms with E-state index in [9.17, 15) is 0 Å². The van der Waals surface area contributed by atoms with Crippen molar-refractivity contribution in [3.63, 3.8) is 0 Å². The number of hydrogen-bond acceptors (Lipinski definition) is 3. The predicted molar refractivity (Wildman–Crippen MR) is 42.4 cm³/mol. The first-order chi connectivity index (χ1) is 4.75. The highest BCUT2D eigenvalue weighted by molar-refractivity contribution is 4.86. The molecule has 58 valence electrons. The molecule has 0 saturated carbocycles. The highest BCUT2D eigenvalue weighted by Crippen LogP contribution is 2.05. The van der Waals surface area contributed by atoms with E-state index in [0.717, 1.165) is 13.1 Å². The zero-order valence-electron chi connectivity index (χ0n) is 6.67. The average Bonchev–Trinajstić information content (AvgIpc) is 1.76. The van der Waals surface area contributed by atoms with Crippen LogP contribution in [0.5, 0.6) is 0 Å². The molecule has 10 heavy (non-hydrogen) atoms. The van der Waals surface area contributed by atoms with E-state index >= 15 is 0 Å². The summed E-state index contributed by atoms with van der Waals surface area (Å²) in [5.41, 5.74) is 0. The van der Waals surface area contributed by atoms with Gasteiger partial charge in [0.05, 0.1) is 6.04 Å². The van der Waals surface area contributed by atoms with Crippen molar-refractivity contribution in [2.24, 2.45) is 0 Å². The fourth-order valence-corrected chi connectivity index (χ4v) is 1.10. The fraction of sp³-hybridized carbons (Fsp3) is 0.714. The van der Waals surface area contributed by atoms with E-state index in [-0.39, 0.29) is 0 Å². The molecule has 0 radical (unpaired) electrons. The van der Waals surface area contributed by atoms with Crippen LogP contribution < -0.4 is 5.32 Å². The molecule has 0 aliphatic carbocycles. The summed E-state index contributed by atoms with van der Waals surface area (Å²) in [6.07, 6.45) is 1.87. The number of hydrazine groups is 1. The van der Waals surface area contributed by atoms with Crippen molar-refractivity contribution in [3.05, 3.63) is 12.8 Å². The Hall–Kier alpha value is -0.540. The summed E-state index contributed by atoms with van der Waals surface area (Å²) in [6.45, 7) is 5.89. The molecule has 1 rings (SSSR count). The lowest BCUT2D eigenvalue weighted by Crippen LogP contribution is -2.58. The van der Waals surface area contributed by atoms with Gasteiger partial charge in [-0.3, -0.25) is 0 Å². The highest BCUT2D eigenvalue weighted by Gasteiger charge is 2.22. The molecule has 3 nitrogen and oxygen atoms in total. The lowest BCUT2D eigenvalue weighted by atomic mass is 10.2. The van der Waals surface area contributed by atoms with Crippen molar-refractivity contribution in [1.82, 2.24) is 15.3 Å². The molecule has 0 amide bonds. The molecule has 0 atom stereocenters. The Bertz CT molecular complexity index is 118. The minimum Gasteiger partial charge on any atom is -0.312 e. The second-order valence-corrected chi connectivity index (χ2v) is 2.72. The normalized spacial score (nSPS) is 18.7. The highest BCUT2D eigenvalue weighted by atomic mass is 15.6. The van der Waals surface area contributed by atoms with Crippen LogP contribution in [0, 0.1) is 0 Å². The maximum absolute atomic E-state index is 3.74. The molecule has 1 fully saturated rings. The van der Waals surface area contributed by atoms with Gasteiger partial charge in [-0.15, -0.1) is 0 Å². The van der Waals surface area contributed by atoms with Crippen LogP contribution in [0.2, 0.25) is 0 Å². The second kappa shape index (κ2) is 3.03. The van der Waals surface area contributed by atoms with Crippen molar-refractivity contribution < 1.29 is 0 Å². The number of nitrogens with one attached hydrogen (secondary N) is 1. The summed E-state index contributed by atoms with van der Waals surface area (Å²) in [5.74, 6) is 0. The molecular formula is C7H15N3. The van der Waals surface area contributed by atoms with Crippen LogP contribution in [0.1, 0.15) is 0 Å². The Morgan fingerprint density at radius 3 is 2.20 bits per heavy atom. The number of nitrogens with zero attached hydrogens (tertiary/aromatic N) is 2. The summed E-state index contributed by atoms with van der Waals surface area (Å²) >= 11 is 0. The maximum Gasteiger partial charge on any atom is 0.0698 e. The molecule has 3 heteroatoms. The molecular weight excluding hydrogens is 126 g/mol. The lowest BCUT2D eigenvalue weighted by molar-refractivity contribution is 0.0131. The third kappa shape index (κ3) is 1.30. The van der Waals surface area contributed by atoms with Crippen molar-refractivity contribution in [1.29, 1.82) is 0 Å². The molecule has 0 unspecified atom stereocenters. The molecule has 0 bridgehead atoms. The SMILES string of the molecule is C=CN(C1CNC1)N(C)C. The topological polar surface area (TPSA) is 18.5 Å². The third-order valence-electron chi connectivity index (χ3n) is 1.78. The van der Waals surface area contributed by atoms with Crippen LogP contribution in [0.25, 0.3) is 0 Å². The molecule has 0 aromatic rings. The van der Waals surface area contributed by atoms with Crippen LogP contribution in [-0.4, -0.2) is 43.2 Å². The Balaban J connectivity index is 2.38. The fourth-order valence-electron chi connectivity index (χ4n) is 1.10. The smallest absolute Gasteiger partial charge is 0.0698 e. The van der Waals surface area contributed by atoms with E-state index < -0.39 is 0 Å². The van der Waals surface area contributed by atoms with Crippen LogP contribution >= 0.6 is 0 Å². The quantitative estimate of drug-likeness (QED) is 0.553. The predicted octanol–water partition coefficient (Wildman–Crippen LogP) is -0.120. The number of hydrogen-bond donors (Lipinski definition) is 1. The molecule has 1 saturated heterocycles. The number of rotatable bonds is 3. The van der Waals surface area contributed by atoms with E-state index in [2.05, 4.69) is 21.9 Å². The van der Waals surface area contributed by atoms with Gasteiger partial charge in [-0.2, -0.15) is 0 Å². The molecule has 1 heterocycles. The molecule has 1 aliphatic rings. The largest absolute Gasteiger partial charge is 0.312 e. The Morgan fingerprint density at radius 1 is 1.50 bits per heavy atom. The molecule has 1 N–H and O–H groups in total. The van der Waals surface area contributed by atoms with Gasteiger partial charge in [0.15, 0.2) is 0 Å². The zero-order valence-corrected chi connectivity index (χ0v) is 6.67. The van der Waals surface area contributed by atoms with Crippen LogP contribution in [-0.2, 0) is 0 Å². The van der Waals surface area contributed by atoms with Crippen LogP contribution in [0.3, 0.4) is 0 Å². The molecule has 0 aromatic heterocycles. The first-order valence-corrected chi connectivity index (χ1v) is 3.54. The van der Waals surface area contributed by atoms with Gasteiger partial charge < -0.3 is 10.3 Å². The van der Waals surface area contributed by atoms with Crippen LogP contribution in [0.4, 0.5) is 0 Å². The Labute approximate surface area is 62.3 Å². The summed E-state index contributed by atoms with van der Waals surface area (Å²) < 4.78 is 0. The van der Waals surface area contributed by atoms with Crippen molar-refractivity contribution in [3.8, 4) is 0 Å². The lowest BCUT2D eigenvalue weighted by Gasteiger charge is -2.40. The van der Waals surface area contributed by atoms with Gasteiger partial charge in [0, 0.05) is 33.4 Å². The second-order valence-electron chi connectivity index (χ2n) is 2.72. The van der Waals surface area contributed by atoms with Gasteiger partial charge in [-0.25, -0.2) is 5.01 Å². The summed E-state index contributed by atoms with van der Waals surface area (Å²) in [4.78, 5) is 0. The summed E-state index contributed by atoms with van der Waals surface area (Å²) in [6, 6.07) is 0.618. The van der Waals surface area contributed by atoms with Gasteiger partial charge in [0.1, 0.15) is 0 Å². The Kier molecular flexibility index (Phi) is 2.29. The van der Waals surface area contributed by atoms with E-state index in [1.165, 1.54) is 0 Å². The van der Waals surface area contributed by atoms with E-state index in [0.29, 0.717) is 6.04 Å². The third-order valence-corrected chi connectivity index (χ3v) is 1.78. The molecule has 0 aromatic carbocycles. The van der Waals surface area contributed by atoms with Gasteiger partial charge in [0.2, 0.25) is 0 Å². The van der Waals surface area contributed by atoms with Gasteiger partial charge in [-0.1, -0.05) is 6.58 Å². The first-order valence-electron chi connectivity index (χ1n) is 3.54. The molecule has 0 spiro atoms. The standard InChI is InChI=1S/C7H15N3/c1-4-10(9(2)3)7-5-8-6-7/h4,7-8H,1,5-6H2,2-3H3. The van der Waals surface area contributed by atoms with Crippen LogP contribution in [0.15, 0.2) is 12.8 Å². The summed E-state index contributed by atoms with van der Waals surface area (Å²) in [5, 5.41) is 7.40. The zero-order chi connectivity index (χ0) is 7.56.